The van der Waals surface area contributed by atoms with E-state index >= 15 is 0 Å². The van der Waals surface area contributed by atoms with Gasteiger partial charge in [-0.05, 0) is 10.6 Å². The number of hydrogen-bond acceptors (Lipinski definition) is 4. The Morgan fingerprint density at radius 2 is 2.12 bits per heavy atom. The van der Waals surface area contributed by atoms with Gasteiger partial charge in [0, 0.05) is 10.5 Å². The summed E-state index contributed by atoms with van der Waals surface area (Å²) in [7, 11) is 0. The van der Waals surface area contributed by atoms with Crippen molar-refractivity contribution in [1.29, 1.82) is 0 Å². The molecule has 0 atom stereocenters. The topological polar surface area (TPSA) is 81.9 Å². The number of azide groups is 1. The Morgan fingerprint density at radius 3 is 2.75 bits per heavy atom. The Morgan fingerprint density at radius 1 is 1.38 bits per heavy atom. The van der Waals surface area contributed by atoms with E-state index in [1.54, 1.807) is 0 Å². The maximum Gasteiger partial charge on any atom is 0.143 e. The van der Waals surface area contributed by atoms with Crippen molar-refractivity contribution in [2.75, 3.05) is 0 Å². The SMILES string of the molecule is [N-]=[N+]=Nc1nc(-c2ccccc2)sc1CO. The van der Waals surface area contributed by atoms with Crippen molar-refractivity contribution in [3.8, 4) is 10.6 Å². The Kier molecular flexibility index (Phi) is 3.16. The molecule has 0 unspecified atom stereocenters. The van der Waals surface area contributed by atoms with Crippen LogP contribution in [0, 0.1) is 0 Å². The van der Waals surface area contributed by atoms with Crippen LogP contribution in [0.15, 0.2) is 35.4 Å². The molecule has 0 radical (unpaired) electrons. The number of thiazole rings is 1. The second-order valence-electron chi connectivity index (χ2n) is 2.98. The summed E-state index contributed by atoms with van der Waals surface area (Å²) in [5.41, 5.74) is 9.31. The third-order valence-electron chi connectivity index (χ3n) is 1.98. The van der Waals surface area contributed by atoms with Gasteiger partial charge in [-0.2, -0.15) is 0 Å². The van der Waals surface area contributed by atoms with Gasteiger partial charge in [-0.25, -0.2) is 4.98 Å². The van der Waals surface area contributed by atoms with Crippen molar-refractivity contribution < 1.29 is 5.11 Å². The zero-order valence-electron chi connectivity index (χ0n) is 8.24. The highest BCUT2D eigenvalue weighted by atomic mass is 32.1. The molecule has 80 valence electrons. The fraction of sp³-hybridized carbons (Fsp3) is 0.100. The fourth-order valence-corrected chi connectivity index (χ4v) is 2.13. The Hall–Kier alpha value is -1.88. The predicted molar refractivity (Wildman–Crippen MR) is 62.3 cm³/mol. The minimum absolute atomic E-state index is 0.168. The van der Waals surface area contributed by atoms with E-state index in [1.165, 1.54) is 11.3 Å². The van der Waals surface area contributed by atoms with Crippen molar-refractivity contribution in [1.82, 2.24) is 4.98 Å². The molecule has 6 heteroatoms. The van der Waals surface area contributed by atoms with Crippen LogP contribution < -0.4 is 0 Å². The smallest absolute Gasteiger partial charge is 0.143 e. The minimum Gasteiger partial charge on any atom is -0.391 e. The number of nitrogens with zero attached hydrogens (tertiary/aromatic N) is 4. The van der Waals surface area contributed by atoms with Gasteiger partial charge in [0.2, 0.25) is 0 Å². The van der Waals surface area contributed by atoms with E-state index in [9.17, 15) is 0 Å². The van der Waals surface area contributed by atoms with E-state index in [1.807, 2.05) is 30.3 Å². The van der Waals surface area contributed by atoms with Crippen LogP contribution >= 0.6 is 11.3 Å². The molecular weight excluding hydrogens is 224 g/mol. The molecule has 1 aromatic carbocycles. The molecule has 2 rings (SSSR count). The summed E-state index contributed by atoms with van der Waals surface area (Å²) in [5.74, 6) is 0.258. The lowest BCUT2D eigenvalue weighted by atomic mass is 10.2. The summed E-state index contributed by atoms with van der Waals surface area (Å²) in [4.78, 5) is 7.44. The molecule has 1 N–H and O–H groups in total. The average Bonchev–Trinajstić information content (AvgIpc) is 2.74. The van der Waals surface area contributed by atoms with Gasteiger partial charge in [-0.1, -0.05) is 30.3 Å². The Balaban J connectivity index is 2.48. The summed E-state index contributed by atoms with van der Waals surface area (Å²) in [6, 6.07) is 9.56. The number of aliphatic hydroxyl groups excluding tert-OH is 1. The molecule has 0 spiro atoms. The first kappa shape index (κ1) is 10.6. The van der Waals surface area contributed by atoms with Crippen LogP contribution in [-0.4, -0.2) is 10.1 Å². The van der Waals surface area contributed by atoms with Crippen LogP contribution in [0.4, 0.5) is 5.82 Å². The monoisotopic (exact) mass is 232 g/mol. The third-order valence-corrected chi connectivity index (χ3v) is 3.06. The summed E-state index contributed by atoms with van der Waals surface area (Å²) >= 11 is 1.33. The molecule has 5 nitrogen and oxygen atoms in total. The van der Waals surface area contributed by atoms with Crippen molar-refractivity contribution in [3.63, 3.8) is 0 Å². The standard InChI is InChI=1S/C10H8N4OS/c11-14-13-9-8(6-15)16-10(12-9)7-4-2-1-3-5-7/h1-5,15H,6H2. The van der Waals surface area contributed by atoms with E-state index in [4.69, 9.17) is 10.6 Å². The summed E-state index contributed by atoms with van der Waals surface area (Å²) in [6.45, 7) is -0.168. The van der Waals surface area contributed by atoms with E-state index in [-0.39, 0.29) is 12.4 Å². The molecule has 0 aliphatic heterocycles. The van der Waals surface area contributed by atoms with Gasteiger partial charge in [0.05, 0.1) is 11.5 Å². The average molecular weight is 232 g/mol. The zero-order valence-corrected chi connectivity index (χ0v) is 9.05. The zero-order chi connectivity index (χ0) is 11.4. The van der Waals surface area contributed by atoms with Gasteiger partial charge >= 0.3 is 0 Å². The quantitative estimate of drug-likeness (QED) is 0.500. The van der Waals surface area contributed by atoms with Crippen LogP contribution in [0.1, 0.15) is 4.88 Å². The number of hydrogen-bond donors (Lipinski definition) is 1. The number of rotatable bonds is 3. The van der Waals surface area contributed by atoms with Crippen molar-refractivity contribution in [3.05, 3.63) is 45.7 Å². The molecule has 0 aliphatic carbocycles. The van der Waals surface area contributed by atoms with Crippen LogP contribution in [0.25, 0.3) is 21.0 Å². The van der Waals surface area contributed by atoms with Gasteiger partial charge in [-0.15, -0.1) is 11.3 Å². The first-order chi connectivity index (χ1) is 7.85. The molecule has 0 fully saturated rings. The molecule has 0 saturated carbocycles. The lowest BCUT2D eigenvalue weighted by Crippen LogP contribution is -1.75. The van der Waals surface area contributed by atoms with E-state index in [2.05, 4.69) is 15.0 Å². The maximum atomic E-state index is 9.09. The molecular formula is C10H8N4OS. The number of aliphatic hydroxyl groups is 1. The predicted octanol–water partition coefficient (Wildman–Crippen LogP) is 3.24. The van der Waals surface area contributed by atoms with E-state index in [0.717, 1.165) is 10.6 Å². The van der Waals surface area contributed by atoms with Crippen molar-refractivity contribution in [2.45, 2.75) is 6.61 Å². The second kappa shape index (κ2) is 4.76. The highest BCUT2D eigenvalue weighted by molar-refractivity contribution is 7.15. The van der Waals surface area contributed by atoms with E-state index < -0.39 is 0 Å². The minimum atomic E-state index is -0.168. The number of benzene rings is 1. The first-order valence-corrected chi connectivity index (χ1v) is 5.38. The van der Waals surface area contributed by atoms with Gasteiger partial charge in [0.1, 0.15) is 10.8 Å². The van der Waals surface area contributed by atoms with Crippen LogP contribution in [0.3, 0.4) is 0 Å². The van der Waals surface area contributed by atoms with Gasteiger partial charge < -0.3 is 5.11 Å². The normalized spacial score (nSPS) is 9.81. The first-order valence-electron chi connectivity index (χ1n) is 4.56. The maximum absolute atomic E-state index is 9.09. The molecule has 0 saturated heterocycles. The summed E-state index contributed by atoms with van der Waals surface area (Å²) in [6.07, 6.45) is 0. The Labute approximate surface area is 95.6 Å². The molecule has 0 bridgehead atoms. The summed E-state index contributed by atoms with van der Waals surface area (Å²) < 4.78 is 0. The highest BCUT2D eigenvalue weighted by Gasteiger charge is 2.09. The van der Waals surface area contributed by atoms with Crippen LogP contribution in [0.5, 0.6) is 0 Å². The number of aromatic nitrogens is 1. The molecule has 16 heavy (non-hydrogen) atoms. The van der Waals surface area contributed by atoms with Gasteiger partial charge in [-0.3, -0.25) is 0 Å². The molecule has 0 amide bonds. The molecule has 1 heterocycles. The van der Waals surface area contributed by atoms with Crippen LogP contribution in [0.2, 0.25) is 0 Å². The van der Waals surface area contributed by atoms with E-state index in [0.29, 0.717) is 4.88 Å². The fourth-order valence-electron chi connectivity index (χ4n) is 1.27. The largest absolute Gasteiger partial charge is 0.391 e. The lowest BCUT2D eigenvalue weighted by Gasteiger charge is -1.92. The van der Waals surface area contributed by atoms with Gasteiger partial charge in [0.25, 0.3) is 0 Å². The Bertz CT molecular complexity index is 531. The van der Waals surface area contributed by atoms with Crippen LogP contribution in [-0.2, 0) is 6.61 Å². The van der Waals surface area contributed by atoms with Crippen molar-refractivity contribution >= 4 is 17.2 Å². The highest BCUT2D eigenvalue weighted by Crippen LogP contribution is 2.32. The van der Waals surface area contributed by atoms with Crippen molar-refractivity contribution in [2.24, 2.45) is 5.11 Å². The lowest BCUT2D eigenvalue weighted by molar-refractivity contribution is 0.286. The molecule has 0 aliphatic rings. The van der Waals surface area contributed by atoms with Gasteiger partial charge in [0.15, 0.2) is 0 Å². The molecule has 2 aromatic rings. The molecule has 1 aromatic heterocycles. The second-order valence-corrected chi connectivity index (χ2v) is 4.06. The summed E-state index contributed by atoms with van der Waals surface area (Å²) in [5, 5.41) is 13.3. The third kappa shape index (κ3) is 2.04.